The lowest BCUT2D eigenvalue weighted by molar-refractivity contribution is 0.0985. The van der Waals surface area contributed by atoms with E-state index in [1.807, 2.05) is 25.1 Å². The van der Waals surface area contributed by atoms with Crippen LogP contribution >= 0.6 is 11.3 Å². The fourth-order valence-corrected chi connectivity index (χ4v) is 8.64. The van der Waals surface area contributed by atoms with Crippen LogP contribution in [0.4, 0.5) is 16.3 Å². The van der Waals surface area contributed by atoms with Crippen LogP contribution in [0.2, 0.25) is 0 Å². The van der Waals surface area contributed by atoms with E-state index in [1.165, 1.54) is 6.20 Å². The van der Waals surface area contributed by atoms with Gasteiger partial charge in [0, 0.05) is 60.2 Å². The van der Waals surface area contributed by atoms with Gasteiger partial charge in [-0.25, -0.2) is 28.2 Å². The largest absolute Gasteiger partial charge is 0.396 e. The zero-order valence-corrected chi connectivity index (χ0v) is 24.8. The number of carbonyl (C=O) groups excluding carboxylic acids is 1. The van der Waals surface area contributed by atoms with Gasteiger partial charge in [-0.15, -0.1) is 11.3 Å². The molecule has 1 saturated heterocycles. The van der Waals surface area contributed by atoms with Gasteiger partial charge in [0.2, 0.25) is 14.2 Å². The Morgan fingerprint density at radius 3 is 2.71 bits per heavy atom. The van der Waals surface area contributed by atoms with Crippen molar-refractivity contribution in [1.82, 2.24) is 20.3 Å². The predicted octanol–water partition coefficient (Wildman–Crippen LogP) is 3.69. The van der Waals surface area contributed by atoms with E-state index in [-0.39, 0.29) is 34.9 Å². The van der Waals surface area contributed by atoms with Gasteiger partial charge in [-0.2, -0.15) is 0 Å². The Kier molecular flexibility index (Phi) is 9.17. The molecule has 220 valence electrons. The van der Waals surface area contributed by atoms with Crippen LogP contribution < -0.4 is 15.5 Å². The molecule has 1 aliphatic carbocycles. The maximum absolute atomic E-state index is 13.4. The van der Waals surface area contributed by atoms with Gasteiger partial charge in [0.05, 0.1) is 24.5 Å². The van der Waals surface area contributed by atoms with E-state index in [9.17, 15) is 13.2 Å². The number of morpholine rings is 1. The molecular formula is C28H36N6O5S2. The molecule has 0 bridgehead atoms. The number of amides is 2. The SMILES string of the molecule is CC1CC(c2cc(N3CCOC[C@@H]3C)nc(-c3ccc(NC(=O)NCCCO)cc3)n2)CC1S(=O)(=O)c1nccs1. The van der Waals surface area contributed by atoms with Crippen LogP contribution in [-0.4, -0.2) is 78.7 Å². The van der Waals surface area contributed by atoms with Crippen molar-refractivity contribution in [2.24, 2.45) is 5.92 Å². The molecule has 2 fully saturated rings. The maximum atomic E-state index is 13.4. The predicted molar refractivity (Wildman–Crippen MR) is 158 cm³/mol. The number of hydrogen-bond acceptors (Lipinski definition) is 10. The van der Waals surface area contributed by atoms with E-state index in [0.29, 0.717) is 57.1 Å². The highest BCUT2D eigenvalue weighted by molar-refractivity contribution is 7.93. The zero-order chi connectivity index (χ0) is 29.0. The first-order valence-corrected chi connectivity index (χ1v) is 16.3. The number of sulfone groups is 1. The summed E-state index contributed by atoms with van der Waals surface area (Å²) < 4.78 is 32.5. The standard InChI is InChI=1S/C28H36N6O5S2/c1-18-14-21(15-24(18)41(37,38)28-30-9-13-40-28)23-16-25(34-10-12-39-17-19(34)2)33-26(32-23)20-4-6-22(7-5-20)31-27(36)29-8-3-11-35/h4-7,9,13,16,18-19,21,24,35H,3,8,10-12,14-15,17H2,1-2H3,(H2,29,31,36)/t18?,19-,21?,24?/m0/s1. The van der Waals surface area contributed by atoms with E-state index < -0.39 is 15.1 Å². The van der Waals surface area contributed by atoms with Gasteiger partial charge < -0.3 is 25.4 Å². The molecule has 3 unspecified atom stereocenters. The van der Waals surface area contributed by atoms with Gasteiger partial charge in [0.25, 0.3) is 0 Å². The van der Waals surface area contributed by atoms with Crippen molar-refractivity contribution in [3.63, 3.8) is 0 Å². The number of carbonyl (C=O) groups is 1. The van der Waals surface area contributed by atoms with Gasteiger partial charge in [0.15, 0.2) is 5.82 Å². The van der Waals surface area contributed by atoms with Gasteiger partial charge in [-0.3, -0.25) is 0 Å². The maximum Gasteiger partial charge on any atom is 0.319 e. The van der Waals surface area contributed by atoms with Crippen LogP contribution in [-0.2, 0) is 14.6 Å². The quantitative estimate of drug-likeness (QED) is 0.313. The fourth-order valence-electron chi connectivity index (χ4n) is 5.53. The van der Waals surface area contributed by atoms with Crippen LogP contribution in [0.5, 0.6) is 0 Å². The number of urea groups is 1. The molecule has 2 amide bonds. The first kappa shape index (κ1) is 29.4. The summed E-state index contributed by atoms with van der Waals surface area (Å²) in [4.78, 5) is 28.3. The first-order chi connectivity index (χ1) is 19.8. The summed E-state index contributed by atoms with van der Waals surface area (Å²) in [5.74, 6) is 1.27. The van der Waals surface area contributed by atoms with Crippen molar-refractivity contribution in [3.8, 4) is 11.4 Å². The normalized spacial score (nSPS) is 23.0. The summed E-state index contributed by atoms with van der Waals surface area (Å²) in [5, 5.41) is 15.6. The van der Waals surface area contributed by atoms with E-state index in [4.69, 9.17) is 19.8 Å². The van der Waals surface area contributed by atoms with Gasteiger partial charge >= 0.3 is 6.03 Å². The Morgan fingerprint density at radius 2 is 2.00 bits per heavy atom. The van der Waals surface area contributed by atoms with Crippen LogP contribution in [0.25, 0.3) is 11.4 Å². The number of anilines is 2. The number of benzene rings is 1. The highest BCUT2D eigenvalue weighted by Crippen LogP contribution is 2.44. The van der Waals surface area contributed by atoms with Crippen LogP contribution in [0.3, 0.4) is 0 Å². The molecule has 11 nitrogen and oxygen atoms in total. The van der Waals surface area contributed by atoms with Crippen LogP contribution in [0.1, 0.15) is 44.7 Å². The van der Waals surface area contributed by atoms with E-state index in [0.717, 1.165) is 28.4 Å². The Bertz CT molecular complexity index is 1430. The lowest BCUT2D eigenvalue weighted by Gasteiger charge is -2.34. The summed E-state index contributed by atoms with van der Waals surface area (Å²) in [6.07, 6.45) is 3.21. The zero-order valence-electron chi connectivity index (χ0n) is 23.2. The molecule has 0 radical (unpaired) electrons. The number of ether oxygens (including phenoxy) is 1. The third-order valence-corrected chi connectivity index (χ3v) is 11.3. The fraction of sp³-hybridized carbons (Fsp3) is 0.500. The van der Waals surface area contributed by atoms with Crippen molar-refractivity contribution < 1.29 is 23.1 Å². The Morgan fingerprint density at radius 1 is 1.20 bits per heavy atom. The molecule has 1 aromatic carbocycles. The molecule has 5 rings (SSSR count). The van der Waals surface area contributed by atoms with E-state index in [1.54, 1.807) is 17.5 Å². The Hall–Kier alpha value is -3.13. The number of rotatable bonds is 9. The van der Waals surface area contributed by atoms with Crippen LogP contribution in [0, 0.1) is 5.92 Å². The molecule has 2 aliphatic rings. The monoisotopic (exact) mass is 600 g/mol. The average Bonchev–Trinajstić information content (AvgIpc) is 3.65. The molecule has 2 aromatic heterocycles. The molecule has 13 heteroatoms. The Labute approximate surface area is 244 Å². The number of thiazole rings is 1. The number of nitrogens with zero attached hydrogens (tertiary/aromatic N) is 4. The topological polar surface area (TPSA) is 147 Å². The highest BCUT2D eigenvalue weighted by Gasteiger charge is 2.43. The smallest absolute Gasteiger partial charge is 0.319 e. The van der Waals surface area contributed by atoms with Gasteiger partial charge in [-0.1, -0.05) is 6.92 Å². The van der Waals surface area contributed by atoms with Crippen molar-refractivity contribution in [1.29, 1.82) is 0 Å². The lowest BCUT2D eigenvalue weighted by Crippen LogP contribution is -2.44. The lowest BCUT2D eigenvalue weighted by atomic mass is 10.0. The molecular weight excluding hydrogens is 564 g/mol. The van der Waals surface area contributed by atoms with E-state index in [2.05, 4.69) is 27.4 Å². The third-order valence-electron chi connectivity index (χ3n) is 7.69. The second-order valence-electron chi connectivity index (χ2n) is 10.7. The number of aromatic nitrogens is 3. The van der Waals surface area contributed by atoms with Crippen molar-refractivity contribution >= 4 is 38.7 Å². The average molecular weight is 601 g/mol. The Balaban J connectivity index is 1.42. The number of aliphatic hydroxyl groups excluding tert-OH is 1. The first-order valence-electron chi connectivity index (χ1n) is 13.9. The van der Waals surface area contributed by atoms with Gasteiger partial charge in [-0.05, 0) is 56.4 Å². The molecule has 0 spiro atoms. The molecule has 41 heavy (non-hydrogen) atoms. The molecule has 1 saturated carbocycles. The van der Waals surface area contributed by atoms with Crippen molar-refractivity contribution in [3.05, 3.63) is 47.6 Å². The minimum Gasteiger partial charge on any atom is -0.396 e. The highest BCUT2D eigenvalue weighted by atomic mass is 32.2. The molecule has 1 aliphatic heterocycles. The minimum absolute atomic E-state index is 0.0152. The molecule has 3 heterocycles. The van der Waals surface area contributed by atoms with Gasteiger partial charge in [0.1, 0.15) is 5.82 Å². The molecule has 4 atom stereocenters. The second kappa shape index (κ2) is 12.8. The minimum atomic E-state index is -3.52. The van der Waals surface area contributed by atoms with Crippen LogP contribution in [0.15, 0.2) is 46.2 Å². The van der Waals surface area contributed by atoms with Crippen molar-refractivity contribution in [2.45, 2.75) is 54.7 Å². The summed E-state index contributed by atoms with van der Waals surface area (Å²) >= 11 is 1.16. The summed E-state index contributed by atoms with van der Waals surface area (Å²) in [5.41, 5.74) is 2.24. The number of aliphatic hydroxyl groups is 1. The number of nitrogens with one attached hydrogen (secondary N) is 2. The third kappa shape index (κ3) is 6.69. The summed E-state index contributed by atoms with van der Waals surface area (Å²) in [6.45, 7) is 6.40. The second-order valence-corrected chi connectivity index (χ2v) is 13.9. The summed E-state index contributed by atoms with van der Waals surface area (Å²) in [7, 11) is -3.52. The summed E-state index contributed by atoms with van der Waals surface area (Å²) in [6, 6.07) is 9.11. The molecule has 3 aromatic rings. The van der Waals surface area contributed by atoms with E-state index >= 15 is 0 Å². The molecule has 3 N–H and O–H groups in total. The number of hydrogen-bond donors (Lipinski definition) is 3. The van der Waals surface area contributed by atoms with Crippen molar-refractivity contribution in [2.75, 3.05) is 43.1 Å².